The monoisotopic (exact) mass is 249 g/mol. The van der Waals surface area contributed by atoms with Crippen LogP contribution in [0.15, 0.2) is 24.3 Å². The van der Waals surface area contributed by atoms with Gasteiger partial charge in [0.1, 0.15) is 5.75 Å². The maximum atomic E-state index is 5.68. The quantitative estimate of drug-likeness (QED) is 0.890. The van der Waals surface area contributed by atoms with E-state index in [4.69, 9.17) is 4.74 Å². The number of ether oxygens (including phenoxy) is 1. The molecule has 3 rings (SSSR count). The molecule has 1 saturated heterocycles. The maximum absolute atomic E-state index is 5.68. The highest BCUT2D eigenvalue weighted by molar-refractivity contribution is 7.99. The molecule has 0 radical (unpaired) electrons. The average molecular weight is 249 g/mol. The van der Waals surface area contributed by atoms with Gasteiger partial charge in [0.05, 0.1) is 6.61 Å². The van der Waals surface area contributed by atoms with E-state index in [0.717, 1.165) is 31.2 Å². The van der Waals surface area contributed by atoms with Crippen LogP contribution in [0.1, 0.15) is 24.4 Å². The molecular weight excluding hydrogens is 230 g/mol. The lowest BCUT2D eigenvalue weighted by molar-refractivity contribution is 0.249. The van der Waals surface area contributed by atoms with E-state index in [1.807, 2.05) is 0 Å². The van der Waals surface area contributed by atoms with Crippen LogP contribution in [0, 0.1) is 5.92 Å². The summed E-state index contributed by atoms with van der Waals surface area (Å²) >= 11 is 2.09. The fourth-order valence-electron chi connectivity index (χ4n) is 2.61. The van der Waals surface area contributed by atoms with Gasteiger partial charge in [-0.2, -0.15) is 11.8 Å². The van der Waals surface area contributed by atoms with Crippen LogP contribution in [0.5, 0.6) is 5.75 Å². The Morgan fingerprint density at radius 2 is 2.24 bits per heavy atom. The first kappa shape index (κ1) is 11.4. The van der Waals surface area contributed by atoms with Crippen molar-refractivity contribution in [3.05, 3.63) is 29.8 Å². The Bertz CT molecular complexity index is 376. The molecule has 3 heteroatoms. The molecule has 17 heavy (non-hydrogen) atoms. The van der Waals surface area contributed by atoms with Crippen molar-refractivity contribution in [3.63, 3.8) is 0 Å². The Balaban J connectivity index is 1.64. The Morgan fingerprint density at radius 3 is 3.12 bits per heavy atom. The maximum Gasteiger partial charge on any atom is 0.124 e. The van der Waals surface area contributed by atoms with Crippen molar-refractivity contribution in [2.45, 2.75) is 18.9 Å². The zero-order valence-corrected chi connectivity index (χ0v) is 10.8. The van der Waals surface area contributed by atoms with Gasteiger partial charge < -0.3 is 10.1 Å². The highest BCUT2D eigenvalue weighted by Gasteiger charge is 2.22. The van der Waals surface area contributed by atoms with Crippen LogP contribution in [0.3, 0.4) is 0 Å². The Hall–Kier alpha value is -0.670. The summed E-state index contributed by atoms with van der Waals surface area (Å²) in [5.74, 6) is 4.61. The van der Waals surface area contributed by atoms with Gasteiger partial charge in [0.2, 0.25) is 0 Å². The summed E-state index contributed by atoms with van der Waals surface area (Å²) in [5.41, 5.74) is 1.34. The molecule has 2 atom stereocenters. The predicted molar refractivity (Wildman–Crippen MR) is 72.7 cm³/mol. The zero-order valence-electron chi connectivity index (χ0n) is 10.0. The highest BCUT2D eigenvalue weighted by atomic mass is 32.2. The van der Waals surface area contributed by atoms with E-state index in [9.17, 15) is 0 Å². The first-order chi connectivity index (χ1) is 8.43. The summed E-state index contributed by atoms with van der Waals surface area (Å²) < 4.78 is 5.68. The fourth-order valence-corrected chi connectivity index (χ4v) is 3.89. The third-order valence-corrected chi connectivity index (χ3v) is 4.87. The molecule has 1 aromatic carbocycles. The number of thioether (sulfide) groups is 1. The minimum Gasteiger partial charge on any atom is -0.493 e. The number of benzene rings is 1. The molecule has 2 aliphatic heterocycles. The minimum atomic E-state index is 0.491. The number of hydrogen-bond acceptors (Lipinski definition) is 3. The first-order valence-corrected chi connectivity index (χ1v) is 7.62. The normalized spacial score (nSPS) is 27.5. The van der Waals surface area contributed by atoms with Gasteiger partial charge >= 0.3 is 0 Å². The Labute approximate surface area is 107 Å². The van der Waals surface area contributed by atoms with Gasteiger partial charge in [0, 0.05) is 18.0 Å². The van der Waals surface area contributed by atoms with Gasteiger partial charge in [0.15, 0.2) is 0 Å². The van der Waals surface area contributed by atoms with Crippen molar-refractivity contribution in [3.8, 4) is 5.75 Å². The Morgan fingerprint density at radius 1 is 1.29 bits per heavy atom. The number of nitrogens with one attached hydrogen (secondary N) is 1. The van der Waals surface area contributed by atoms with E-state index in [-0.39, 0.29) is 0 Å². The molecule has 2 nitrogen and oxygen atoms in total. The summed E-state index contributed by atoms with van der Waals surface area (Å²) in [6.07, 6.45) is 2.47. The molecule has 1 fully saturated rings. The van der Waals surface area contributed by atoms with E-state index in [1.165, 1.54) is 23.5 Å². The molecule has 2 heterocycles. The molecule has 2 aliphatic rings. The molecule has 0 aliphatic carbocycles. The second-order valence-corrected chi connectivity index (χ2v) is 6.02. The number of para-hydroxylation sites is 1. The van der Waals surface area contributed by atoms with E-state index < -0.39 is 0 Å². The third kappa shape index (κ3) is 2.61. The Kier molecular flexibility index (Phi) is 3.57. The van der Waals surface area contributed by atoms with Crippen molar-refractivity contribution in [2.24, 2.45) is 5.92 Å². The van der Waals surface area contributed by atoms with E-state index in [1.54, 1.807) is 0 Å². The van der Waals surface area contributed by atoms with Gasteiger partial charge in [0.25, 0.3) is 0 Å². The van der Waals surface area contributed by atoms with Crippen molar-refractivity contribution < 1.29 is 4.74 Å². The molecular formula is C14H19NOS. The van der Waals surface area contributed by atoms with Crippen LogP contribution in [-0.4, -0.2) is 24.7 Å². The van der Waals surface area contributed by atoms with Gasteiger partial charge in [-0.3, -0.25) is 0 Å². The van der Waals surface area contributed by atoms with Gasteiger partial charge in [-0.25, -0.2) is 0 Å². The van der Waals surface area contributed by atoms with E-state index in [0.29, 0.717) is 6.04 Å². The van der Waals surface area contributed by atoms with Gasteiger partial charge in [-0.15, -0.1) is 0 Å². The number of rotatable bonds is 3. The fraction of sp³-hybridized carbons (Fsp3) is 0.571. The number of hydrogen-bond donors (Lipinski definition) is 1. The number of fused-ring (bicyclic) bond motifs is 1. The van der Waals surface area contributed by atoms with Crippen molar-refractivity contribution in [1.82, 2.24) is 5.32 Å². The summed E-state index contributed by atoms with van der Waals surface area (Å²) in [4.78, 5) is 0. The van der Waals surface area contributed by atoms with E-state index >= 15 is 0 Å². The largest absolute Gasteiger partial charge is 0.493 e. The average Bonchev–Trinajstić information content (AvgIpc) is 2.89. The van der Waals surface area contributed by atoms with Gasteiger partial charge in [-0.05, 0) is 36.5 Å². The summed E-state index contributed by atoms with van der Waals surface area (Å²) in [6.45, 7) is 2.00. The topological polar surface area (TPSA) is 21.3 Å². The smallest absolute Gasteiger partial charge is 0.124 e. The lowest BCUT2D eigenvalue weighted by Crippen LogP contribution is -2.31. The summed E-state index contributed by atoms with van der Waals surface area (Å²) in [7, 11) is 0. The molecule has 0 spiro atoms. The lowest BCUT2D eigenvalue weighted by Gasteiger charge is -2.27. The second-order valence-electron chi connectivity index (χ2n) is 4.87. The van der Waals surface area contributed by atoms with Crippen LogP contribution in [0.4, 0.5) is 0 Å². The van der Waals surface area contributed by atoms with Crippen LogP contribution in [0.2, 0.25) is 0 Å². The van der Waals surface area contributed by atoms with Gasteiger partial charge in [-0.1, -0.05) is 18.2 Å². The summed E-state index contributed by atoms with van der Waals surface area (Å²) in [5, 5.41) is 3.73. The SMILES string of the molecule is c1ccc2c(c1)OCCC2NCC1CCSC1. The third-order valence-electron chi connectivity index (χ3n) is 3.64. The van der Waals surface area contributed by atoms with Crippen LogP contribution >= 0.6 is 11.8 Å². The molecule has 0 saturated carbocycles. The van der Waals surface area contributed by atoms with Crippen LogP contribution in [-0.2, 0) is 0 Å². The standard InChI is InChI=1S/C14H19NOS/c1-2-4-14-12(3-1)13(5-7-16-14)15-9-11-6-8-17-10-11/h1-4,11,13,15H,5-10H2. The zero-order chi connectivity index (χ0) is 11.5. The molecule has 0 bridgehead atoms. The molecule has 92 valence electrons. The highest BCUT2D eigenvalue weighted by Crippen LogP contribution is 2.32. The molecule has 0 aromatic heterocycles. The summed E-state index contributed by atoms with van der Waals surface area (Å²) in [6, 6.07) is 8.91. The van der Waals surface area contributed by atoms with Crippen LogP contribution < -0.4 is 10.1 Å². The van der Waals surface area contributed by atoms with Crippen molar-refractivity contribution in [1.29, 1.82) is 0 Å². The molecule has 1 aromatic rings. The van der Waals surface area contributed by atoms with Crippen molar-refractivity contribution in [2.75, 3.05) is 24.7 Å². The van der Waals surface area contributed by atoms with Crippen molar-refractivity contribution >= 4 is 11.8 Å². The lowest BCUT2D eigenvalue weighted by atomic mass is 9.99. The van der Waals surface area contributed by atoms with Crippen LogP contribution in [0.25, 0.3) is 0 Å². The minimum absolute atomic E-state index is 0.491. The predicted octanol–water partition coefficient (Wildman–Crippen LogP) is 2.85. The second kappa shape index (κ2) is 5.32. The molecule has 0 amide bonds. The first-order valence-electron chi connectivity index (χ1n) is 6.46. The van der Waals surface area contributed by atoms with E-state index in [2.05, 4.69) is 41.3 Å². The molecule has 2 unspecified atom stereocenters. The molecule has 1 N–H and O–H groups in total.